The minimum atomic E-state index is -0.578. The molecule has 0 aromatic heterocycles. The van der Waals surface area contributed by atoms with Crippen LogP contribution in [-0.2, 0) is 4.79 Å². The number of nitrogens with one attached hydrogen (secondary N) is 2. The summed E-state index contributed by atoms with van der Waals surface area (Å²) in [5, 5.41) is 5.17. The molecule has 98 valence electrons. The van der Waals surface area contributed by atoms with Crippen LogP contribution >= 0.6 is 0 Å². The third-order valence-corrected chi connectivity index (χ3v) is 2.25. The zero-order valence-corrected chi connectivity index (χ0v) is 10.2. The lowest BCUT2D eigenvalue weighted by atomic mass is 10.2. The van der Waals surface area contributed by atoms with Crippen LogP contribution < -0.4 is 21.1 Å². The molecule has 0 radical (unpaired) electrons. The molecule has 0 spiro atoms. The van der Waals surface area contributed by atoms with Gasteiger partial charge >= 0.3 is 6.03 Å². The van der Waals surface area contributed by atoms with E-state index in [1.807, 2.05) is 0 Å². The Hall–Kier alpha value is -2.24. The number of hydrogen-bond acceptors (Lipinski definition) is 3. The van der Waals surface area contributed by atoms with Gasteiger partial charge in [0.2, 0.25) is 5.91 Å². The van der Waals surface area contributed by atoms with Gasteiger partial charge in [0.1, 0.15) is 5.75 Å². The highest BCUT2D eigenvalue weighted by atomic mass is 16.5. The van der Waals surface area contributed by atoms with Crippen molar-refractivity contribution >= 4 is 17.6 Å². The van der Waals surface area contributed by atoms with E-state index in [4.69, 9.17) is 10.5 Å². The fourth-order valence-electron chi connectivity index (χ4n) is 1.36. The van der Waals surface area contributed by atoms with Crippen LogP contribution in [0.3, 0.4) is 0 Å². The van der Waals surface area contributed by atoms with Crippen molar-refractivity contribution in [2.24, 2.45) is 5.73 Å². The van der Waals surface area contributed by atoms with E-state index in [1.165, 1.54) is 0 Å². The topological polar surface area (TPSA) is 93.4 Å². The number of rotatable bonds is 6. The van der Waals surface area contributed by atoms with Crippen LogP contribution in [0.5, 0.6) is 5.75 Å². The molecule has 6 nitrogen and oxygen atoms in total. The van der Waals surface area contributed by atoms with E-state index in [0.717, 1.165) is 5.75 Å². The Balaban J connectivity index is 2.28. The molecule has 0 unspecified atom stereocenters. The molecule has 0 atom stereocenters. The third kappa shape index (κ3) is 5.20. The molecule has 0 saturated carbocycles. The van der Waals surface area contributed by atoms with Crippen molar-refractivity contribution in [3.8, 4) is 5.75 Å². The monoisotopic (exact) mass is 251 g/mol. The average molecular weight is 251 g/mol. The molecule has 0 aliphatic carbocycles. The van der Waals surface area contributed by atoms with Crippen LogP contribution in [0.15, 0.2) is 24.3 Å². The predicted molar refractivity (Wildman–Crippen MR) is 68.4 cm³/mol. The maximum Gasteiger partial charge on any atom is 0.312 e. The second-order valence-electron chi connectivity index (χ2n) is 3.67. The molecule has 0 aliphatic heterocycles. The Labute approximate surface area is 105 Å². The predicted octanol–water partition coefficient (Wildman–Crippen LogP) is 1.08. The minimum absolute atomic E-state index is 0.105. The first kappa shape index (κ1) is 13.8. The summed E-state index contributed by atoms with van der Waals surface area (Å²) < 4.78 is 5.01. The van der Waals surface area contributed by atoms with Gasteiger partial charge in [-0.15, -0.1) is 0 Å². The first-order chi connectivity index (χ1) is 8.61. The van der Waals surface area contributed by atoms with Crippen molar-refractivity contribution in [3.05, 3.63) is 24.3 Å². The van der Waals surface area contributed by atoms with E-state index in [-0.39, 0.29) is 5.91 Å². The molecule has 0 heterocycles. The van der Waals surface area contributed by atoms with Gasteiger partial charge in [-0.05, 0) is 30.7 Å². The van der Waals surface area contributed by atoms with Crippen molar-refractivity contribution in [1.29, 1.82) is 0 Å². The van der Waals surface area contributed by atoms with Crippen LogP contribution in [0, 0.1) is 0 Å². The number of carbonyl (C=O) groups excluding carboxylic acids is 2. The maximum absolute atomic E-state index is 11.5. The first-order valence-corrected chi connectivity index (χ1v) is 5.59. The number of nitrogens with two attached hydrogens (primary N) is 1. The second kappa shape index (κ2) is 7.16. The highest BCUT2D eigenvalue weighted by Crippen LogP contribution is 2.15. The third-order valence-electron chi connectivity index (χ3n) is 2.25. The highest BCUT2D eigenvalue weighted by molar-refractivity contribution is 5.90. The number of amides is 3. The number of primary amides is 1. The number of urea groups is 1. The van der Waals surface area contributed by atoms with Gasteiger partial charge in [-0.25, -0.2) is 4.79 Å². The van der Waals surface area contributed by atoms with E-state index < -0.39 is 6.03 Å². The van der Waals surface area contributed by atoms with Gasteiger partial charge in [0.15, 0.2) is 0 Å². The van der Waals surface area contributed by atoms with Gasteiger partial charge < -0.3 is 21.1 Å². The lowest BCUT2D eigenvalue weighted by molar-refractivity contribution is -0.116. The average Bonchev–Trinajstić information content (AvgIpc) is 2.35. The van der Waals surface area contributed by atoms with E-state index in [9.17, 15) is 9.59 Å². The number of hydrogen-bond donors (Lipinski definition) is 3. The summed E-state index contributed by atoms with van der Waals surface area (Å²) in [4.78, 5) is 21.9. The standard InChI is InChI=1S/C12H17N3O3/c1-18-10-6-4-9(5-7-10)15-11(16)3-2-8-14-12(13)17/h4-7H,2-3,8H2,1H3,(H,15,16)(H3,13,14,17). The lowest BCUT2D eigenvalue weighted by Crippen LogP contribution is -2.30. The number of anilines is 1. The van der Waals surface area contributed by atoms with Gasteiger partial charge in [-0.1, -0.05) is 0 Å². The van der Waals surface area contributed by atoms with Crippen LogP contribution in [0.1, 0.15) is 12.8 Å². The highest BCUT2D eigenvalue weighted by Gasteiger charge is 2.02. The SMILES string of the molecule is COc1ccc(NC(=O)CCCNC(N)=O)cc1. The van der Waals surface area contributed by atoms with Crippen LogP contribution in [0.2, 0.25) is 0 Å². The lowest BCUT2D eigenvalue weighted by Gasteiger charge is -2.06. The van der Waals surface area contributed by atoms with E-state index in [0.29, 0.717) is 25.1 Å². The fraction of sp³-hybridized carbons (Fsp3) is 0.333. The van der Waals surface area contributed by atoms with Crippen molar-refractivity contribution in [2.75, 3.05) is 19.0 Å². The smallest absolute Gasteiger partial charge is 0.312 e. The molecule has 1 aromatic rings. The summed E-state index contributed by atoms with van der Waals surface area (Å²) in [5.74, 6) is 0.630. The summed E-state index contributed by atoms with van der Waals surface area (Å²) in [6.45, 7) is 0.394. The summed E-state index contributed by atoms with van der Waals surface area (Å²) in [6.07, 6.45) is 0.872. The van der Waals surface area contributed by atoms with Crippen molar-refractivity contribution in [3.63, 3.8) is 0 Å². The maximum atomic E-state index is 11.5. The Bertz CT molecular complexity index is 404. The van der Waals surface area contributed by atoms with Crippen molar-refractivity contribution in [2.45, 2.75) is 12.8 Å². The second-order valence-corrected chi connectivity index (χ2v) is 3.67. The summed E-state index contributed by atoms with van der Waals surface area (Å²) in [7, 11) is 1.58. The molecule has 0 saturated heterocycles. The largest absolute Gasteiger partial charge is 0.497 e. The van der Waals surface area contributed by atoms with Gasteiger partial charge in [0.25, 0.3) is 0 Å². The van der Waals surface area contributed by atoms with Crippen LogP contribution in [0.4, 0.5) is 10.5 Å². The number of carbonyl (C=O) groups is 2. The number of ether oxygens (including phenoxy) is 1. The molecule has 3 amide bonds. The summed E-state index contributed by atoms with van der Waals surface area (Å²) in [5.41, 5.74) is 5.61. The Morgan fingerprint density at radius 3 is 2.50 bits per heavy atom. The Morgan fingerprint density at radius 1 is 1.28 bits per heavy atom. The summed E-state index contributed by atoms with van der Waals surface area (Å²) >= 11 is 0. The minimum Gasteiger partial charge on any atom is -0.497 e. The van der Waals surface area contributed by atoms with Crippen LogP contribution in [-0.4, -0.2) is 25.6 Å². The molecule has 18 heavy (non-hydrogen) atoms. The molecular formula is C12H17N3O3. The number of benzene rings is 1. The van der Waals surface area contributed by atoms with Crippen molar-refractivity contribution < 1.29 is 14.3 Å². The Kier molecular flexibility index (Phi) is 5.50. The zero-order valence-electron chi connectivity index (χ0n) is 10.2. The quantitative estimate of drug-likeness (QED) is 0.660. The summed E-state index contributed by atoms with van der Waals surface area (Å²) in [6, 6.07) is 6.48. The molecule has 6 heteroatoms. The molecule has 0 fully saturated rings. The van der Waals surface area contributed by atoms with Gasteiger partial charge in [-0.3, -0.25) is 4.79 Å². The first-order valence-electron chi connectivity index (χ1n) is 5.59. The van der Waals surface area contributed by atoms with Gasteiger partial charge in [-0.2, -0.15) is 0 Å². The molecular weight excluding hydrogens is 234 g/mol. The molecule has 0 aliphatic rings. The normalized spacial score (nSPS) is 9.61. The molecule has 4 N–H and O–H groups in total. The van der Waals surface area contributed by atoms with Gasteiger partial charge in [0.05, 0.1) is 7.11 Å². The zero-order chi connectivity index (χ0) is 13.4. The Morgan fingerprint density at radius 2 is 1.94 bits per heavy atom. The van der Waals surface area contributed by atoms with E-state index >= 15 is 0 Å². The van der Waals surface area contributed by atoms with E-state index in [2.05, 4.69) is 10.6 Å². The van der Waals surface area contributed by atoms with Gasteiger partial charge in [0, 0.05) is 18.7 Å². The fourth-order valence-corrected chi connectivity index (χ4v) is 1.36. The molecule has 0 bridgehead atoms. The van der Waals surface area contributed by atoms with E-state index in [1.54, 1.807) is 31.4 Å². The molecule has 1 aromatic carbocycles. The number of methoxy groups -OCH3 is 1. The van der Waals surface area contributed by atoms with Crippen molar-refractivity contribution in [1.82, 2.24) is 5.32 Å². The molecule has 1 rings (SSSR count). The van der Waals surface area contributed by atoms with Crippen LogP contribution in [0.25, 0.3) is 0 Å².